The van der Waals surface area contributed by atoms with Crippen molar-refractivity contribution in [3.63, 3.8) is 0 Å². The molecule has 0 aliphatic rings. The van der Waals surface area contributed by atoms with Crippen LogP contribution in [0, 0.1) is 13.8 Å². The minimum absolute atomic E-state index is 0.00725. The van der Waals surface area contributed by atoms with E-state index in [1.807, 2.05) is 45.9 Å². The molecule has 0 aliphatic heterocycles. The first-order valence-corrected chi connectivity index (χ1v) is 8.80. The molecule has 0 saturated heterocycles. The van der Waals surface area contributed by atoms with Crippen molar-refractivity contribution in [2.75, 3.05) is 19.0 Å². The molecule has 0 fully saturated rings. The van der Waals surface area contributed by atoms with Gasteiger partial charge in [0.2, 0.25) is 5.91 Å². The SMILES string of the molecule is COc1cc(C(=O)NCC(=O)Nc2c(C)cccc2C)ccc1OC(C)C. The van der Waals surface area contributed by atoms with Gasteiger partial charge in [-0.25, -0.2) is 0 Å². The monoisotopic (exact) mass is 370 g/mol. The van der Waals surface area contributed by atoms with Crippen LogP contribution in [0.5, 0.6) is 11.5 Å². The molecule has 2 aromatic carbocycles. The molecule has 0 spiro atoms. The predicted molar refractivity (Wildman–Crippen MR) is 106 cm³/mol. The lowest BCUT2D eigenvalue weighted by molar-refractivity contribution is -0.115. The molecule has 0 radical (unpaired) electrons. The van der Waals surface area contributed by atoms with Crippen LogP contribution in [0.2, 0.25) is 0 Å². The van der Waals surface area contributed by atoms with Gasteiger partial charge in [-0.15, -0.1) is 0 Å². The summed E-state index contributed by atoms with van der Waals surface area (Å²) in [4.78, 5) is 24.5. The highest BCUT2D eigenvalue weighted by molar-refractivity contribution is 6.00. The van der Waals surface area contributed by atoms with Crippen molar-refractivity contribution in [1.82, 2.24) is 5.32 Å². The minimum Gasteiger partial charge on any atom is -0.493 e. The number of carbonyl (C=O) groups is 2. The quantitative estimate of drug-likeness (QED) is 0.782. The summed E-state index contributed by atoms with van der Waals surface area (Å²) in [5.41, 5.74) is 3.11. The van der Waals surface area contributed by atoms with Crippen LogP contribution in [-0.4, -0.2) is 31.6 Å². The van der Waals surface area contributed by atoms with Gasteiger partial charge in [0.05, 0.1) is 19.8 Å². The third kappa shape index (κ3) is 5.48. The first kappa shape index (κ1) is 20.3. The molecule has 144 valence electrons. The number of benzene rings is 2. The van der Waals surface area contributed by atoms with Gasteiger partial charge < -0.3 is 20.1 Å². The fraction of sp³-hybridized carbons (Fsp3) is 0.333. The first-order valence-electron chi connectivity index (χ1n) is 8.80. The van der Waals surface area contributed by atoms with Crippen molar-refractivity contribution in [2.24, 2.45) is 0 Å². The molecule has 0 heterocycles. The lowest BCUT2D eigenvalue weighted by Crippen LogP contribution is -2.33. The number of nitrogens with one attached hydrogen (secondary N) is 2. The van der Waals surface area contributed by atoms with Crippen molar-refractivity contribution >= 4 is 17.5 Å². The summed E-state index contributed by atoms with van der Waals surface area (Å²) in [5, 5.41) is 5.46. The van der Waals surface area contributed by atoms with Crippen LogP contribution >= 0.6 is 0 Å². The molecule has 2 aromatic rings. The number of ether oxygens (including phenoxy) is 2. The van der Waals surface area contributed by atoms with E-state index in [0.717, 1.165) is 16.8 Å². The van der Waals surface area contributed by atoms with Gasteiger partial charge in [0.1, 0.15) is 0 Å². The number of carbonyl (C=O) groups excluding carboxylic acids is 2. The zero-order chi connectivity index (χ0) is 20.0. The molecule has 0 unspecified atom stereocenters. The standard InChI is InChI=1S/C21H26N2O4/c1-13(2)27-17-10-9-16(11-18(17)26-5)21(25)22-12-19(24)23-20-14(3)7-6-8-15(20)4/h6-11,13H,12H2,1-5H3,(H,22,25)(H,23,24). The zero-order valence-corrected chi connectivity index (χ0v) is 16.4. The fourth-order valence-electron chi connectivity index (χ4n) is 2.62. The maximum absolute atomic E-state index is 12.3. The Bertz CT molecular complexity index is 811. The highest BCUT2D eigenvalue weighted by Gasteiger charge is 2.14. The summed E-state index contributed by atoms with van der Waals surface area (Å²) in [5.74, 6) is 0.390. The lowest BCUT2D eigenvalue weighted by atomic mass is 10.1. The fourth-order valence-corrected chi connectivity index (χ4v) is 2.62. The van der Waals surface area contributed by atoms with Crippen LogP contribution in [0.3, 0.4) is 0 Å². The van der Waals surface area contributed by atoms with Gasteiger partial charge in [0.15, 0.2) is 11.5 Å². The summed E-state index contributed by atoms with van der Waals surface area (Å²) < 4.78 is 10.9. The van der Waals surface area contributed by atoms with Gasteiger partial charge in [0, 0.05) is 11.3 Å². The van der Waals surface area contributed by atoms with E-state index in [9.17, 15) is 9.59 Å². The molecule has 0 atom stereocenters. The maximum atomic E-state index is 12.3. The predicted octanol–water partition coefficient (Wildman–Crippen LogP) is 3.47. The summed E-state index contributed by atoms with van der Waals surface area (Å²) in [6.07, 6.45) is -0.00725. The Morgan fingerprint density at radius 3 is 2.30 bits per heavy atom. The Labute approximate surface area is 159 Å². The second-order valence-corrected chi connectivity index (χ2v) is 6.53. The first-order chi connectivity index (χ1) is 12.8. The number of amides is 2. The number of para-hydroxylation sites is 1. The van der Waals surface area contributed by atoms with Crippen LogP contribution in [0.15, 0.2) is 36.4 Å². The Kier molecular flexibility index (Phi) is 6.82. The highest BCUT2D eigenvalue weighted by atomic mass is 16.5. The van der Waals surface area contributed by atoms with Crippen LogP contribution in [-0.2, 0) is 4.79 Å². The Morgan fingerprint density at radius 2 is 1.70 bits per heavy atom. The molecule has 2 rings (SSSR count). The van der Waals surface area contributed by atoms with E-state index in [2.05, 4.69) is 10.6 Å². The molecule has 27 heavy (non-hydrogen) atoms. The van der Waals surface area contributed by atoms with E-state index in [-0.39, 0.29) is 24.5 Å². The Balaban J connectivity index is 2.00. The van der Waals surface area contributed by atoms with E-state index in [0.29, 0.717) is 17.1 Å². The van der Waals surface area contributed by atoms with Gasteiger partial charge in [-0.3, -0.25) is 9.59 Å². The highest BCUT2D eigenvalue weighted by Crippen LogP contribution is 2.29. The summed E-state index contributed by atoms with van der Waals surface area (Å²) in [6, 6.07) is 10.7. The number of anilines is 1. The topological polar surface area (TPSA) is 76.7 Å². The molecule has 0 bridgehead atoms. The molecule has 6 heteroatoms. The number of rotatable bonds is 7. The van der Waals surface area contributed by atoms with Crippen molar-refractivity contribution in [2.45, 2.75) is 33.8 Å². The van der Waals surface area contributed by atoms with Gasteiger partial charge >= 0.3 is 0 Å². The largest absolute Gasteiger partial charge is 0.493 e. The molecule has 0 aliphatic carbocycles. The number of hydrogen-bond donors (Lipinski definition) is 2. The van der Waals surface area contributed by atoms with Crippen molar-refractivity contribution in [1.29, 1.82) is 0 Å². The van der Waals surface area contributed by atoms with Gasteiger partial charge in [-0.1, -0.05) is 18.2 Å². The Morgan fingerprint density at radius 1 is 1.04 bits per heavy atom. The van der Waals surface area contributed by atoms with E-state index >= 15 is 0 Å². The molecule has 2 N–H and O–H groups in total. The van der Waals surface area contributed by atoms with Crippen LogP contribution in [0.25, 0.3) is 0 Å². The van der Waals surface area contributed by atoms with Gasteiger partial charge in [-0.2, -0.15) is 0 Å². The Hall–Kier alpha value is -3.02. The molecule has 0 saturated carbocycles. The normalized spacial score (nSPS) is 10.4. The molecule has 0 aromatic heterocycles. The average Bonchev–Trinajstić information content (AvgIpc) is 2.62. The van der Waals surface area contributed by atoms with E-state index in [4.69, 9.17) is 9.47 Å². The van der Waals surface area contributed by atoms with Crippen molar-refractivity contribution in [3.8, 4) is 11.5 Å². The zero-order valence-electron chi connectivity index (χ0n) is 16.4. The molecule has 2 amide bonds. The second-order valence-electron chi connectivity index (χ2n) is 6.53. The average molecular weight is 370 g/mol. The third-order valence-electron chi connectivity index (χ3n) is 3.94. The second kappa shape index (κ2) is 9.07. The molecular weight excluding hydrogens is 344 g/mol. The van der Waals surface area contributed by atoms with Gasteiger partial charge in [0.25, 0.3) is 5.91 Å². The summed E-state index contributed by atoms with van der Waals surface area (Å²) >= 11 is 0. The van der Waals surface area contributed by atoms with Gasteiger partial charge in [-0.05, 0) is 57.0 Å². The third-order valence-corrected chi connectivity index (χ3v) is 3.94. The lowest BCUT2D eigenvalue weighted by Gasteiger charge is -2.15. The maximum Gasteiger partial charge on any atom is 0.251 e. The minimum atomic E-state index is -0.360. The number of methoxy groups -OCH3 is 1. The molecular formula is C21H26N2O4. The van der Waals surface area contributed by atoms with Crippen molar-refractivity contribution in [3.05, 3.63) is 53.1 Å². The number of aryl methyl sites for hydroxylation is 2. The van der Waals surface area contributed by atoms with E-state index in [1.165, 1.54) is 7.11 Å². The van der Waals surface area contributed by atoms with Crippen LogP contribution in [0.4, 0.5) is 5.69 Å². The summed E-state index contributed by atoms with van der Waals surface area (Å²) in [6.45, 7) is 7.55. The van der Waals surface area contributed by atoms with Crippen LogP contribution in [0.1, 0.15) is 35.3 Å². The molecule has 6 nitrogen and oxygen atoms in total. The van der Waals surface area contributed by atoms with E-state index < -0.39 is 0 Å². The number of hydrogen-bond acceptors (Lipinski definition) is 4. The summed E-state index contributed by atoms with van der Waals surface area (Å²) in [7, 11) is 1.52. The van der Waals surface area contributed by atoms with Crippen molar-refractivity contribution < 1.29 is 19.1 Å². The smallest absolute Gasteiger partial charge is 0.251 e. The van der Waals surface area contributed by atoms with Crippen LogP contribution < -0.4 is 20.1 Å². The van der Waals surface area contributed by atoms with E-state index in [1.54, 1.807) is 18.2 Å².